The number of hydrogen-bond donors (Lipinski definition) is 0. The lowest BCUT2D eigenvalue weighted by Crippen LogP contribution is -2.30. The van der Waals surface area contributed by atoms with Gasteiger partial charge in [0.25, 0.3) is 0 Å². The van der Waals surface area contributed by atoms with Gasteiger partial charge in [-0.15, -0.1) is 0 Å². The van der Waals surface area contributed by atoms with Gasteiger partial charge in [0.1, 0.15) is 28.6 Å². The molecule has 0 aliphatic rings. The highest BCUT2D eigenvalue weighted by molar-refractivity contribution is 9.10. The van der Waals surface area contributed by atoms with Crippen LogP contribution in [0.4, 0.5) is 0 Å². The van der Waals surface area contributed by atoms with E-state index >= 15 is 0 Å². The zero-order chi connectivity index (χ0) is 26.1. The first-order valence-electron chi connectivity index (χ1n) is 10.7. The third-order valence-corrected chi connectivity index (χ3v) is 5.07. The van der Waals surface area contributed by atoms with Gasteiger partial charge < -0.3 is 23.5 Å². The van der Waals surface area contributed by atoms with E-state index in [1.165, 1.54) is 6.33 Å². The van der Waals surface area contributed by atoms with E-state index in [9.17, 15) is 4.79 Å². The first kappa shape index (κ1) is 28.5. The molecule has 0 bridgehead atoms. The summed E-state index contributed by atoms with van der Waals surface area (Å²) in [6, 6.07) is 0. The van der Waals surface area contributed by atoms with Gasteiger partial charge >= 0.3 is 5.97 Å². The molecule has 0 atom stereocenters. The number of imidazole rings is 1. The first-order valence-corrected chi connectivity index (χ1v) is 12.3. The van der Waals surface area contributed by atoms with Gasteiger partial charge in [-0.3, -0.25) is 0 Å². The molecule has 0 aromatic carbocycles. The highest BCUT2D eigenvalue weighted by Gasteiger charge is 2.34. The number of aromatic nitrogens is 3. The van der Waals surface area contributed by atoms with Crippen LogP contribution in [0.15, 0.2) is 10.9 Å². The second-order valence-electron chi connectivity index (χ2n) is 10.5. The SMILES string of the molecule is CC(C)(C)OC(=O)c1c(OC(C)(C)C)nc(Br)c(OCCn2cnc(Cl)c2Cl)c1OC(C)(C)C. The van der Waals surface area contributed by atoms with E-state index in [-0.39, 0.29) is 34.7 Å². The minimum absolute atomic E-state index is 0.0432. The quantitative estimate of drug-likeness (QED) is 0.265. The number of nitrogens with zero attached hydrogens (tertiary/aromatic N) is 3. The van der Waals surface area contributed by atoms with Crippen LogP contribution in [0.3, 0.4) is 0 Å². The molecule has 34 heavy (non-hydrogen) atoms. The van der Waals surface area contributed by atoms with E-state index in [0.717, 1.165) is 0 Å². The zero-order valence-corrected chi connectivity index (χ0v) is 24.1. The lowest BCUT2D eigenvalue weighted by Gasteiger charge is -2.29. The lowest BCUT2D eigenvalue weighted by molar-refractivity contribution is 0.00487. The maximum absolute atomic E-state index is 13.3. The van der Waals surface area contributed by atoms with Crippen LogP contribution in [-0.2, 0) is 11.3 Å². The van der Waals surface area contributed by atoms with E-state index in [2.05, 4.69) is 25.9 Å². The molecule has 0 N–H and O–H groups in total. The molecule has 190 valence electrons. The molecule has 2 heterocycles. The van der Waals surface area contributed by atoms with Crippen molar-refractivity contribution in [3.05, 3.63) is 26.8 Å². The molecule has 0 aliphatic heterocycles. The molecular weight excluding hydrogens is 549 g/mol. The summed E-state index contributed by atoms with van der Waals surface area (Å²) in [6.07, 6.45) is 1.51. The Morgan fingerprint density at radius 2 is 1.56 bits per heavy atom. The van der Waals surface area contributed by atoms with E-state index in [0.29, 0.717) is 16.3 Å². The smallest absolute Gasteiger partial charge is 0.348 e. The average Bonchev–Trinajstić information content (AvgIpc) is 2.92. The number of esters is 1. The zero-order valence-electron chi connectivity index (χ0n) is 21.0. The Morgan fingerprint density at radius 3 is 2.03 bits per heavy atom. The maximum Gasteiger partial charge on any atom is 0.348 e. The van der Waals surface area contributed by atoms with Crippen molar-refractivity contribution in [1.29, 1.82) is 0 Å². The molecule has 0 saturated heterocycles. The Labute approximate surface area is 219 Å². The largest absolute Gasteiger partial charge is 0.485 e. The Balaban J connectivity index is 2.59. The fourth-order valence-corrected chi connectivity index (χ4v) is 3.43. The molecule has 8 nitrogen and oxygen atoms in total. The molecule has 11 heteroatoms. The van der Waals surface area contributed by atoms with E-state index < -0.39 is 22.8 Å². The van der Waals surface area contributed by atoms with Crippen molar-refractivity contribution in [1.82, 2.24) is 14.5 Å². The number of carbonyl (C=O) groups is 1. The van der Waals surface area contributed by atoms with Crippen molar-refractivity contribution in [2.75, 3.05) is 6.61 Å². The molecule has 2 aromatic rings. The van der Waals surface area contributed by atoms with E-state index in [4.69, 9.17) is 42.1 Å². The minimum Gasteiger partial charge on any atom is -0.485 e. The third-order valence-electron chi connectivity index (χ3n) is 3.76. The predicted octanol–water partition coefficient (Wildman–Crippen LogP) is 6.74. The third kappa shape index (κ3) is 8.20. The van der Waals surface area contributed by atoms with Gasteiger partial charge in [0.2, 0.25) is 5.88 Å². The van der Waals surface area contributed by atoms with Gasteiger partial charge in [-0.25, -0.2) is 14.8 Å². The second-order valence-corrected chi connectivity index (χ2v) is 12.0. The van der Waals surface area contributed by atoms with Crippen LogP contribution in [0.2, 0.25) is 10.3 Å². The minimum atomic E-state index is -0.749. The normalized spacial score (nSPS) is 12.5. The monoisotopic (exact) mass is 579 g/mol. The van der Waals surface area contributed by atoms with Gasteiger partial charge in [0.05, 0.1) is 12.9 Å². The molecular formula is C23H32BrCl2N3O5. The summed E-state index contributed by atoms with van der Waals surface area (Å²) in [6.45, 7) is 17.0. The van der Waals surface area contributed by atoms with Gasteiger partial charge in [-0.1, -0.05) is 23.2 Å². The van der Waals surface area contributed by atoms with Crippen molar-refractivity contribution >= 4 is 45.1 Å². The van der Waals surface area contributed by atoms with Gasteiger partial charge in [0, 0.05) is 0 Å². The van der Waals surface area contributed by atoms with Crippen LogP contribution in [0, 0.1) is 0 Å². The standard InChI is InChI=1S/C23H32BrCl2N3O5/c1-21(2,3)32-14-13(20(30)34-23(7,8)9)19(33-22(4,5)6)28-16(24)15(14)31-11-10-29-12-27-17(25)18(29)26/h12H,10-11H2,1-9H3. The molecule has 0 amide bonds. The van der Waals surface area contributed by atoms with Crippen molar-refractivity contribution in [2.45, 2.75) is 85.7 Å². The fraction of sp³-hybridized carbons (Fsp3) is 0.609. The van der Waals surface area contributed by atoms with Gasteiger partial charge in [-0.05, 0) is 78.2 Å². The summed E-state index contributed by atoms with van der Waals surface area (Å²) in [5, 5.41) is 0.508. The van der Waals surface area contributed by atoms with Crippen LogP contribution in [0.5, 0.6) is 17.4 Å². The average molecular weight is 581 g/mol. The molecule has 2 aromatic heterocycles. The summed E-state index contributed by atoms with van der Waals surface area (Å²) in [4.78, 5) is 21.8. The maximum atomic E-state index is 13.3. The van der Waals surface area contributed by atoms with Crippen molar-refractivity contribution in [2.24, 2.45) is 0 Å². The van der Waals surface area contributed by atoms with Crippen molar-refractivity contribution in [3.8, 4) is 17.4 Å². The van der Waals surface area contributed by atoms with E-state index in [1.807, 2.05) is 41.5 Å². The van der Waals surface area contributed by atoms with Crippen LogP contribution in [0.25, 0.3) is 0 Å². The fourth-order valence-electron chi connectivity index (χ4n) is 2.65. The van der Waals surface area contributed by atoms with Crippen molar-refractivity contribution in [3.63, 3.8) is 0 Å². The van der Waals surface area contributed by atoms with Gasteiger partial charge in [-0.2, -0.15) is 0 Å². The Kier molecular flexibility index (Phi) is 8.81. The second kappa shape index (κ2) is 10.5. The number of halogens is 3. The lowest BCUT2D eigenvalue weighted by atomic mass is 10.1. The van der Waals surface area contributed by atoms with E-state index in [1.54, 1.807) is 25.3 Å². The Hall–Kier alpha value is -1.71. The number of ether oxygens (including phenoxy) is 4. The summed E-state index contributed by atoms with van der Waals surface area (Å²) < 4.78 is 25.9. The summed E-state index contributed by atoms with van der Waals surface area (Å²) >= 11 is 15.5. The molecule has 0 radical (unpaired) electrons. The topological polar surface area (TPSA) is 84.7 Å². The summed E-state index contributed by atoms with van der Waals surface area (Å²) in [5.41, 5.74) is -2.01. The molecule has 0 aliphatic carbocycles. The van der Waals surface area contributed by atoms with Crippen LogP contribution >= 0.6 is 39.1 Å². The predicted molar refractivity (Wildman–Crippen MR) is 136 cm³/mol. The Morgan fingerprint density at radius 1 is 0.971 bits per heavy atom. The molecule has 0 spiro atoms. The van der Waals surface area contributed by atoms with Crippen LogP contribution in [-0.4, -0.2) is 43.9 Å². The highest BCUT2D eigenvalue weighted by atomic mass is 79.9. The van der Waals surface area contributed by atoms with Gasteiger partial charge in [0.15, 0.2) is 26.8 Å². The number of hydrogen-bond acceptors (Lipinski definition) is 7. The number of rotatable bonds is 7. The van der Waals surface area contributed by atoms with Crippen molar-refractivity contribution < 1.29 is 23.7 Å². The number of carbonyl (C=O) groups excluding carboxylic acids is 1. The molecule has 2 rings (SSSR count). The van der Waals surface area contributed by atoms with Crippen LogP contribution < -0.4 is 14.2 Å². The molecule has 0 saturated carbocycles. The number of pyridine rings is 1. The highest BCUT2D eigenvalue weighted by Crippen LogP contribution is 2.44. The Bertz CT molecular complexity index is 1040. The summed E-state index contributed by atoms with van der Waals surface area (Å²) in [5.74, 6) is -0.165. The summed E-state index contributed by atoms with van der Waals surface area (Å²) in [7, 11) is 0. The molecule has 0 fully saturated rings. The first-order chi connectivity index (χ1) is 15.4. The molecule has 0 unspecified atom stereocenters. The van der Waals surface area contributed by atoms with Crippen LogP contribution in [0.1, 0.15) is 72.7 Å².